The third kappa shape index (κ3) is 4.70. The van der Waals surface area contributed by atoms with Crippen LogP contribution >= 0.6 is 11.6 Å². The van der Waals surface area contributed by atoms with Crippen molar-refractivity contribution in [2.75, 3.05) is 24.6 Å². The van der Waals surface area contributed by atoms with Crippen LogP contribution in [-0.2, 0) is 4.79 Å². The molecule has 1 saturated heterocycles. The van der Waals surface area contributed by atoms with E-state index in [4.69, 9.17) is 22.1 Å². The van der Waals surface area contributed by atoms with E-state index in [2.05, 4.69) is 15.0 Å². The second kappa shape index (κ2) is 7.40. The first-order chi connectivity index (χ1) is 10.1. The standard InChI is InChI=1S/C13H20ClN5O2/c1-2-7-21-13-17-11(14)16-12(18-13)19-5-3-9(4-6-19)8-10(15)20/h9H,2-8H2,1H3,(H2,15,20). The highest BCUT2D eigenvalue weighted by Gasteiger charge is 2.23. The van der Waals surface area contributed by atoms with Crippen LogP contribution in [0.3, 0.4) is 0 Å². The molecule has 0 aromatic carbocycles. The van der Waals surface area contributed by atoms with E-state index in [-0.39, 0.29) is 17.2 Å². The van der Waals surface area contributed by atoms with E-state index in [0.717, 1.165) is 32.4 Å². The number of halogens is 1. The molecule has 0 bridgehead atoms. The molecule has 0 spiro atoms. The van der Waals surface area contributed by atoms with Crippen molar-refractivity contribution in [3.63, 3.8) is 0 Å². The number of nitrogens with zero attached hydrogens (tertiary/aromatic N) is 4. The van der Waals surface area contributed by atoms with E-state index in [1.807, 2.05) is 11.8 Å². The van der Waals surface area contributed by atoms with Crippen LogP contribution < -0.4 is 15.4 Å². The molecule has 0 radical (unpaired) electrons. The Morgan fingerprint density at radius 3 is 2.71 bits per heavy atom. The second-order valence-electron chi connectivity index (χ2n) is 5.14. The van der Waals surface area contributed by atoms with Gasteiger partial charge in [0.2, 0.25) is 17.1 Å². The number of carbonyl (C=O) groups is 1. The topological polar surface area (TPSA) is 94.2 Å². The predicted molar refractivity (Wildman–Crippen MR) is 79.4 cm³/mol. The molecule has 1 aliphatic rings. The number of piperidine rings is 1. The molecular formula is C13H20ClN5O2. The van der Waals surface area contributed by atoms with Gasteiger partial charge in [-0.05, 0) is 36.8 Å². The minimum absolute atomic E-state index is 0.130. The number of primary amides is 1. The highest BCUT2D eigenvalue weighted by atomic mass is 35.5. The summed E-state index contributed by atoms with van der Waals surface area (Å²) in [5.41, 5.74) is 5.24. The summed E-state index contributed by atoms with van der Waals surface area (Å²) in [7, 11) is 0. The van der Waals surface area contributed by atoms with Crippen LogP contribution in [0.25, 0.3) is 0 Å². The number of ether oxygens (including phenoxy) is 1. The number of aromatic nitrogens is 3. The van der Waals surface area contributed by atoms with Crippen molar-refractivity contribution in [2.24, 2.45) is 11.7 Å². The van der Waals surface area contributed by atoms with Crippen LogP contribution in [0, 0.1) is 5.92 Å². The van der Waals surface area contributed by atoms with Gasteiger partial charge in [-0.15, -0.1) is 0 Å². The maximum Gasteiger partial charge on any atom is 0.322 e. The first kappa shape index (κ1) is 15.8. The molecule has 1 aromatic heterocycles. The number of nitrogens with two attached hydrogens (primary N) is 1. The van der Waals surface area contributed by atoms with Crippen LogP contribution in [-0.4, -0.2) is 40.6 Å². The largest absolute Gasteiger partial charge is 0.463 e. The molecule has 1 fully saturated rings. The van der Waals surface area contributed by atoms with Gasteiger partial charge in [-0.25, -0.2) is 0 Å². The van der Waals surface area contributed by atoms with E-state index >= 15 is 0 Å². The van der Waals surface area contributed by atoms with Gasteiger partial charge in [-0.2, -0.15) is 15.0 Å². The van der Waals surface area contributed by atoms with E-state index < -0.39 is 0 Å². The zero-order valence-corrected chi connectivity index (χ0v) is 12.8. The summed E-state index contributed by atoms with van der Waals surface area (Å²) in [4.78, 5) is 25.4. The minimum atomic E-state index is -0.244. The van der Waals surface area contributed by atoms with Crippen molar-refractivity contribution in [1.29, 1.82) is 0 Å². The zero-order valence-electron chi connectivity index (χ0n) is 12.1. The van der Waals surface area contributed by atoms with Crippen LogP contribution in [0.5, 0.6) is 6.01 Å². The molecule has 1 aromatic rings. The Kier molecular flexibility index (Phi) is 5.55. The third-order valence-electron chi connectivity index (χ3n) is 3.40. The highest BCUT2D eigenvalue weighted by Crippen LogP contribution is 2.24. The fourth-order valence-corrected chi connectivity index (χ4v) is 2.49. The van der Waals surface area contributed by atoms with Gasteiger partial charge in [-0.3, -0.25) is 4.79 Å². The van der Waals surface area contributed by atoms with Crippen LogP contribution in [0.2, 0.25) is 5.28 Å². The molecule has 116 valence electrons. The van der Waals surface area contributed by atoms with Gasteiger partial charge in [0.15, 0.2) is 0 Å². The van der Waals surface area contributed by atoms with Gasteiger partial charge in [0, 0.05) is 19.5 Å². The SMILES string of the molecule is CCCOc1nc(Cl)nc(N2CCC(CC(N)=O)CC2)n1. The fourth-order valence-electron chi connectivity index (χ4n) is 2.34. The predicted octanol–water partition coefficient (Wildman–Crippen LogP) is 1.41. The number of anilines is 1. The molecular weight excluding hydrogens is 294 g/mol. The lowest BCUT2D eigenvalue weighted by Gasteiger charge is -2.31. The molecule has 0 atom stereocenters. The Morgan fingerprint density at radius 1 is 1.38 bits per heavy atom. The van der Waals surface area contributed by atoms with E-state index in [1.165, 1.54) is 0 Å². The Labute approximate surface area is 128 Å². The lowest BCUT2D eigenvalue weighted by atomic mass is 9.93. The normalized spacial score (nSPS) is 16.0. The summed E-state index contributed by atoms with van der Waals surface area (Å²) in [6.45, 7) is 4.09. The first-order valence-corrected chi connectivity index (χ1v) is 7.54. The lowest BCUT2D eigenvalue weighted by molar-refractivity contribution is -0.119. The number of carbonyl (C=O) groups excluding carboxylic acids is 1. The van der Waals surface area contributed by atoms with E-state index in [9.17, 15) is 4.79 Å². The van der Waals surface area contributed by atoms with Crippen molar-refractivity contribution in [3.05, 3.63) is 5.28 Å². The van der Waals surface area contributed by atoms with Gasteiger partial charge < -0.3 is 15.4 Å². The highest BCUT2D eigenvalue weighted by molar-refractivity contribution is 6.28. The zero-order chi connectivity index (χ0) is 15.2. The molecule has 0 unspecified atom stereocenters. The van der Waals surface area contributed by atoms with E-state index in [0.29, 0.717) is 24.9 Å². The first-order valence-electron chi connectivity index (χ1n) is 7.16. The van der Waals surface area contributed by atoms with Crippen molar-refractivity contribution in [2.45, 2.75) is 32.6 Å². The molecule has 21 heavy (non-hydrogen) atoms. The monoisotopic (exact) mass is 313 g/mol. The average Bonchev–Trinajstić information content (AvgIpc) is 2.44. The Balaban J connectivity index is 1.99. The molecule has 8 heteroatoms. The van der Waals surface area contributed by atoms with Crippen molar-refractivity contribution >= 4 is 23.5 Å². The number of hydrogen-bond acceptors (Lipinski definition) is 6. The molecule has 7 nitrogen and oxygen atoms in total. The Hall–Kier alpha value is -1.63. The van der Waals surface area contributed by atoms with Crippen molar-refractivity contribution < 1.29 is 9.53 Å². The van der Waals surface area contributed by atoms with Gasteiger partial charge in [0.25, 0.3) is 0 Å². The van der Waals surface area contributed by atoms with E-state index in [1.54, 1.807) is 0 Å². The molecule has 1 aliphatic heterocycles. The molecule has 2 N–H and O–H groups in total. The molecule has 0 saturated carbocycles. The maximum absolute atomic E-state index is 11.0. The van der Waals surface area contributed by atoms with Crippen LogP contribution in [0.1, 0.15) is 32.6 Å². The van der Waals surface area contributed by atoms with Gasteiger partial charge in [0.05, 0.1) is 6.61 Å². The summed E-state index contributed by atoms with van der Waals surface area (Å²) in [5.74, 6) is 0.623. The number of rotatable bonds is 6. The molecule has 0 aliphatic carbocycles. The molecule has 1 amide bonds. The molecule has 2 rings (SSSR count). The quantitative estimate of drug-likeness (QED) is 0.853. The lowest BCUT2D eigenvalue weighted by Crippen LogP contribution is -2.36. The van der Waals surface area contributed by atoms with Crippen molar-refractivity contribution in [3.8, 4) is 6.01 Å². The summed E-state index contributed by atoms with van der Waals surface area (Å²) in [6, 6.07) is 0.256. The smallest absolute Gasteiger partial charge is 0.322 e. The second-order valence-corrected chi connectivity index (χ2v) is 5.47. The maximum atomic E-state index is 11.0. The average molecular weight is 314 g/mol. The molecule has 2 heterocycles. The minimum Gasteiger partial charge on any atom is -0.463 e. The summed E-state index contributed by atoms with van der Waals surface area (Å²) in [6.07, 6.45) is 3.09. The van der Waals surface area contributed by atoms with Gasteiger partial charge in [0.1, 0.15) is 0 Å². The fraction of sp³-hybridized carbons (Fsp3) is 0.692. The van der Waals surface area contributed by atoms with Gasteiger partial charge in [-0.1, -0.05) is 6.92 Å². The number of amides is 1. The van der Waals surface area contributed by atoms with Gasteiger partial charge >= 0.3 is 6.01 Å². The van der Waals surface area contributed by atoms with Crippen LogP contribution in [0.15, 0.2) is 0 Å². The Morgan fingerprint density at radius 2 is 2.10 bits per heavy atom. The summed E-state index contributed by atoms with van der Waals surface area (Å²) >= 11 is 5.92. The number of hydrogen-bond donors (Lipinski definition) is 1. The van der Waals surface area contributed by atoms with Crippen molar-refractivity contribution in [1.82, 2.24) is 15.0 Å². The Bertz CT molecular complexity index is 491. The van der Waals surface area contributed by atoms with Crippen LogP contribution in [0.4, 0.5) is 5.95 Å². The third-order valence-corrected chi connectivity index (χ3v) is 3.57. The summed E-state index contributed by atoms with van der Waals surface area (Å²) < 4.78 is 5.41. The summed E-state index contributed by atoms with van der Waals surface area (Å²) in [5, 5.41) is 0.130.